The number of amides is 1. The molecule has 1 rings (SSSR count). The average Bonchev–Trinajstić information content (AvgIpc) is 2.40. The number of aliphatic hydroxyl groups is 1. The lowest BCUT2D eigenvalue weighted by atomic mass is 10.0. The normalized spacial score (nSPS) is 13.7. The molecule has 0 bridgehead atoms. The summed E-state index contributed by atoms with van der Waals surface area (Å²) in [7, 11) is 0. The molecule has 2 atom stereocenters. The van der Waals surface area contributed by atoms with Crippen LogP contribution in [0.4, 0.5) is 0 Å². The van der Waals surface area contributed by atoms with Crippen molar-refractivity contribution < 1.29 is 14.6 Å². The quantitative estimate of drug-likeness (QED) is 0.838. The van der Waals surface area contributed by atoms with Gasteiger partial charge in [0.2, 0.25) is 5.88 Å². The number of nitrogens with one attached hydrogen (secondary N) is 1. The molecule has 1 aromatic rings. The molecule has 0 saturated carbocycles. The Morgan fingerprint density at radius 3 is 2.79 bits per heavy atom. The minimum absolute atomic E-state index is 0.0176. The van der Waals surface area contributed by atoms with Crippen molar-refractivity contribution in [3.05, 3.63) is 22.8 Å². The molecule has 5 nitrogen and oxygen atoms in total. The van der Waals surface area contributed by atoms with Gasteiger partial charge in [0.05, 0.1) is 12.2 Å². The van der Waals surface area contributed by atoms with Crippen LogP contribution in [-0.4, -0.2) is 35.3 Å². The Labute approximate surface area is 117 Å². The zero-order valence-corrected chi connectivity index (χ0v) is 12.1. The van der Waals surface area contributed by atoms with Crippen molar-refractivity contribution in [1.29, 1.82) is 0 Å². The highest BCUT2D eigenvalue weighted by molar-refractivity contribution is 6.32. The lowest BCUT2D eigenvalue weighted by Crippen LogP contribution is -2.38. The number of rotatable bonds is 6. The second-order valence-electron chi connectivity index (χ2n) is 4.37. The summed E-state index contributed by atoms with van der Waals surface area (Å²) in [6.07, 6.45) is 1.42. The summed E-state index contributed by atoms with van der Waals surface area (Å²) in [6.45, 7) is 6.00. The summed E-state index contributed by atoms with van der Waals surface area (Å²) in [5.74, 6) is 0.0258. The zero-order valence-electron chi connectivity index (χ0n) is 11.3. The standard InChI is InChI=1S/C13H19ClN2O3/c1-4-19-13-11(14)5-10(6-15-13)12(18)16-9(3)8(2)7-17/h5-6,8-9,17H,4,7H2,1-3H3,(H,16,18). The van der Waals surface area contributed by atoms with Crippen LogP contribution in [0.2, 0.25) is 5.02 Å². The van der Waals surface area contributed by atoms with E-state index in [1.165, 1.54) is 12.3 Å². The third kappa shape index (κ3) is 4.36. The maximum Gasteiger partial charge on any atom is 0.253 e. The summed E-state index contributed by atoms with van der Waals surface area (Å²) in [5, 5.41) is 12.1. The molecule has 0 aromatic carbocycles. The number of aliphatic hydroxyl groups excluding tert-OH is 1. The van der Waals surface area contributed by atoms with Gasteiger partial charge >= 0.3 is 0 Å². The fourth-order valence-corrected chi connectivity index (χ4v) is 1.60. The molecule has 0 aliphatic heterocycles. The minimum atomic E-state index is -0.273. The molecule has 0 spiro atoms. The molecular weight excluding hydrogens is 268 g/mol. The van der Waals surface area contributed by atoms with Crippen molar-refractivity contribution in [1.82, 2.24) is 10.3 Å². The molecule has 0 radical (unpaired) electrons. The van der Waals surface area contributed by atoms with E-state index in [9.17, 15) is 4.79 Å². The van der Waals surface area contributed by atoms with E-state index in [4.69, 9.17) is 21.4 Å². The lowest BCUT2D eigenvalue weighted by Gasteiger charge is -2.19. The van der Waals surface area contributed by atoms with Gasteiger partial charge in [0.25, 0.3) is 5.91 Å². The van der Waals surface area contributed by atoms with Gasteiger partial charge in [-0.3, -0.25) is 4.79 Å². The van der Waals surface area contributed by atoms with Crippen LogP contribution in [0.5, 0.6) is 5.88 Å². The maximum absolute atomic E-state index is 12.0. The van der Waals surface area contributed by atoms with Crippen molar-refractivity contribution in [3.8, 4) is 5.88 Å². The molecule has 0 aliphatic rings. The molecule has 19 heavy (non-hydrogen) atoms. The molecule has 6 heteroatoms. The Morgan fingerprint density at radius 2 is 2.26 bits per heavy atom. The third-order valence-corrected chi connectivity index (χ3v) is 3.12. The summed E-state index contributed by atoms with van der Waals surface area (Å²) >= 11 is 5.97. The van der Waals surface area contributed by atoms with Gasteiger partial charge in [-0.1, -0.05) is 18.5 Å². The van der Waals surface area contributed by atoms with Gasteiger partial charge in [-0.15, -0.1) is 0 Å². The van der Waals surface area contributed by atoms with Crippen molar-refractivity contribution in [3.63, 3.8) is 0 Å². The van der Waals surface area contributed by atoms with Crippen molar-refractivity contribution in [2.75, 3.05) is 13.2 Å². The Hall–Kier alpha value is -1.33. The van der Waals surface area contributed by atoms with Gasteiger partial charge < -0.3 is 15.2 Å². The minimum Gasteiger partial charge on any atom is -0.477 e. The van der Waals surface area contributed by atoms with Crippen LogP contribution < -0.4 is 10.1 Å². The predicted molar refractivity (Wildman–Crippen MR) is 73.6 cm³/mol. The number of aromatic nitrogens is 1. The number of halogens is 1. The third-order valence-electron chi connectivity index (χ3n) is 2.85. The van der Waals surface area contributed by atoms with Crippen molar-refractivity contribution in [2.45, 2.75) is 26.8 Å². The number of pyridine rings is 1. The zero-order chi connectivity index (χ0) is 14.4. The van der Waals surface area contributed by atoms with E-state index in [1.54, 1.807) is 0 Å². The molecule has 2 unspecified atom stereocenters. The highest BCUT2D eigenvalue weighted by Crippen LogP contribution is 2.22. The van der Waals surface area contributed by atoms with E-state index < -0.39 is 0 Å². The number of nitrogens with zero attached hydrogens (tertiary/aromatic N) is 1. The van der Waals surface area contributed by atoms with E-state index in [0.29, 0.717) is 23.1 Å². The van der Waals surface area contributed by atoms with Crippen LogP contribution >= 0.6 is 11.6 Å². The first-order chi connectivity index (χ1) is 8.99. The van der Waals surface area contributed by atoms with Crippen LogP contribution in [0.15, 0.2) is 12.3 Å². The fourth-order valence-electron chi connectivity index (χ4n) is 1.38. The average molecular weight is 287 g/mol. The second kappa shape index (κ2) is 7.31. The van der Waals surface area contributed by atoms with Crippen LogP contribution in [0.25, 0.3) is 0 Å². The summed E-state index contributed by atoms with van der Waals surface area (Å²) in [5.41, 5.74) is 0.366. The summed E-state index contributed by atoms with van der Waals surface area (Å²) < 4.78 is 5.20. The first-order valence-corrected chi connectivity index (χ1v) is 6.57. The highest BCUT2D eigenvalue weighted by atomic mass is 35.5. The molecule has 106 valence electrons. The number of carbonyl (C=O) groups is 1. The van der Waals surface area contributed by atoms with Gasteiger partial charge in [-0.05, 0) is 25.8 Å². The molecule has 0 aliphatic carbocycles. The molecule has 0 fully saturated rings. The smallest absolute Gasteiger partial charge is 0.253 e. The second-order valence-corrected chi connectivity index (χ2v) is 4.77. The van der Waals surface area contributed by atoms with Gasteiger partial charge in [-0.25, -0.2) is 4.98 Å². The predicted octanol–water partition coefficient (Wildman–Crippen LogP) is 1.88. The van der Waals surface area contributed by atoms with E-state index in [1.807, 2.05) is 20.8 Å². The van der Waals surface area contributed by atoms with Crippen molar-refractivity contribution >= 4 is 17.5 Å². The van der Waals surface area contributed by atoms with Gasteiger partial charge in [0.1, 0.15) is 5.02 Å². The van der Waals surface area contributed by atoms with Crippen LogP contribution in [-0.2, 0) is 0 Å². The van der Waals surface area contributed by atoms with E-state index in [-0.39, 0.29) is 24.5 Å². The first-order valence-electron chi connectivity index (χ1n) is 6.19. The molecule has 1 heterocycles. The lowest BCUT2D eigenvalue weighted by molar-refractivity contribution is 0.0916. The van der Waals surface area contributed by atoms with E-state index in [0.717, 1.165) is 0 Å². The topological polar surface area (TPSA) is 71.5 Å². The largest absolute Gasteiger partial charge is 0.477 e. The Bertz CT molecular complexity index is 440. The molecule has 2 N–H and O–H groups in total. The van der Waals surface area contributed by atoms with Crippen LogP contribution in [0.3, 0.4) is 0 Å². The molecular formula is C13H19ClN2O3. The van der Waals surface area contributed by atoms with Gasteiger partial charge in [0, 0.05) is 18.8 Å². The van der Waals surface area contributed by atoms with E-state index >= 15 is 0 Å². The number of hydrogen-bond acceptors (Lipinski definition) is 4. The number of hydrogen-bond donors (Lipinski definition) is 2. The van der Waals surface area contributed by atoms with Gasteiger partial charge in [-0.2, -0.15) is 0 Å². The van der Waals surface area contributed by atoms with E-state index in [2.05, 4.69) is 10.3 Å². The monoisotopic (exact) mass is 286 g/mol. The molecule has 1 amide bonds. The molecule has 1 aromatic heterocycles. The number of carbonyl (C=O) groups excluding carboxylic acids is 1. The Kier molecular flexibility index (Phi) is 6.05. The first kappa shape index (κ1) is 15.7. The summed E-state index contributed by atoms with van der Waals surface area (Å²) in [6, 6.07) is 1.38. The molecule has 0 saturated heterocycles. The maximum atomic E-state index is 12.0. The van der Waals surface area contributed by atoms with Crippen LogP contribution in [0.1, 0.15) is 31.1 Å². The SMILES string of the molecule is CCOc1ncc(C(=O)NC(C)C(C)CO)cc1Cl. The van der Waals surface area contributed by atoms with Gasteiger partial charge in [0.15, 0.2) is 0 Å². The number of ether oxygens (including phenoxy) is 1. The fraction of sp³-hybridized carbons (Fsp3) is 0.538. The summed E-state index contributed by atoms with van der Waals surface area (Å²) in [4.78, 5) is 16.0. The Morgan fingerprint density at radius 1 is 1.58 bits per heavy atom. The Balaban J connectivity index is 2.75. The van der Waals surface area contributed by atoms with Crippen LogP contribution in [0, 0.1) is 5.92 Å². The van der Waals surface area contributed by atoms with Crippen molar-refractivity contribution in [2.24, 2.45) is 5.92 Å². The highest BCUT2D eigenvalue weighted by Gasteiger charge is 2.16.